The lowest BCUT2D eigenvalue weighted by molar-refractivity contribution is -0.123. The van der Waals surface area contributed by atoms with Gasteiger partial charge in [0.25, 0.3) is 0 Å². The monoisotopic (exact) mass is 241 g/mol. The van der Waals surface area contributed by atoms with Gasteiger partial charge < -0.3 is 10.6 Å². The smallest absolute Gasteiger partial charge is 0.237 e. The van der Waals surface area contributed by atoms with E-state index in [1.54, 1.807) is 18.4 Å². The van der Waals surface area contributed by atoms with E-state index in [0.717, 1.165) is 15.6 Å². The topological polar surface area (TPSA) is 54.0 Å². The third-order valence-electron chi connectivity index (χ3n) is 2.52. The van der Waals surface area contributed by atoms with Crippen LogP contribution in [0.15, 0.2) is 0 Å². The Balaban J connectivity index is 2.69. The van der Waals surface area contributed by atoms with Crippen LogP contribution in [0.25, 0.3) is 0 Å². The first-order valence-corrected chi connectivity index (χ1v) is 6.19. The second kappa shape index (κ2) is 5.41. The molecule has 1 rings (SSSR count). The van der Waals surface area contributed by atoms with Crippen molar-refractivity contribution < 1.29 is 4.79 Å². The molecular formula is C11H19N3OS. The molecule has 90 valence electrons. The summed E-state index contributed by atoms with van der Waals surface area (Å²) in [6.07, 6.45) is 0. The zero-order valence-corrected chi connectivity index (χ0v) is 11.2. The maximum Gasteiger partial charge on any atom is 0.237 e. The molecule has 0 radical (unpaired) electrons. The summed E-state index contributed by atoms with van der Waals surface area (Å²) in [6, 6.07) is -0.147. The van der Waals surface area contributed by atoms with Crippen LogP contribution in [0.4, 0.5) is 0 Å². The average Bonchev–Trinajstić information content (AvgIpc) is 2.56. The number of thiazole rings is 1. The lowest BCUT2D eigenvalue weighted by Gasteiger charge is -2.16. The van der Waals surface area contributed by atoms with E-state index in [2.05, 4.69) is 15.6 Å². The van der Waals surface area contributed by atoms with Crippen LogP contribution in [-0.2, 0) is 4.79 Å². The van der Waals surface area contributed by atoms with Gasteiger partial charge in [0, 0.05) is 4.88 Å². The van der Waals surface area contributed by atoms with Gasteiger partial charge in [-0.1, -0.05) is 0 Å². The van der Waals surface area contributed by atoms with Gasteiger partial charge in [0.1, 0.15) is 0 Å². The Morgan fingerprint density at radius 1 is 1.38 bits per heavy atom. The summed E-state index contributed by atoms with van der Waals surface area (Å²) in [4.78, 5) is 17.2. The molecule has 0 aliphatic heterocycles. The molecule has 2 unspecified atom stereocenters. The van der Waals surface area contributed by atoms with Crippen LogP contribution >= 0.6 is 11.3 Å². The standard InChI is InChI=1S/C11H19N3OS/c1-6-10(16-9(4)13-6)7(2)14-11(15)8(3)12-5/h7-8,12H,1-5H3,(H,14,15). The van der Waals surface area contributed by atoms with Gasteiger partial charge in [0.15, 0.2) is 0 Å². The van der Waals surface area contributed by atoms with E-state index in [4.69, 9.17) is 0 Å². The number of hydrogen-bond donors (Lipinski definition) is 2. The molecular weight excluding hydrogens is 222 g/mol. The second-order valence-electron chi connectivity index (χ2n) is 3.92. The number of carbonyl (C=O) groups is 1. The van der Waals surface area contributed by atoms with E-state index < -0.39 is 0 Å². The number of aromatic nitrogens is 1. The van der Waals surface area contributed by atoms with Crippen LogP contribution in [0.2, 0.25) is 0 Å². The van der Waals surface area contributed by atoms with Gasteiger partial charge in [-0.05, 0) is 34.7 Å². The number of nitrogens with one attached hydrogen (secondary N) is 2. The van der Waals surface area contributed by atoms with Crippen LogP contribution < -0.4 is 10.6 Å². The number of carbonyl (C=O) groups excluding carboxylic acids is 1. The van der Waals surface area contributed by atoms with Gasteiger partial charge in [-0.3, -0.25) is 4.79 Å². The van der Waals surface area contributed by atoms with E-state index in [0.29, 0.717) is 0 Å². The minimum absolute atomic E-state index is 0.0143. The van der Waals surface area contributed by atoms with E-state index in [9.17, 15) is 4.79 Å². The fourth-order valence-corrected chi connectivity index (χ4v) is 2.41. The molecule has 5 heteroatoms. The summed E-state index contributed by atoms with van der Waals surface area (Å²) in [5.41, 5.74) is 1.01. The first-order valence-electron chi connectivity index (χ1n) is 5.37. The van der Waals surface area contributed by atoms with Crippen molar-refractivity contribution in [3.8, 4) is 0 Å². The minimum atomic E-state index is -0.170. The molecule has 1 amide bonds. The van der Waals surface area contributed by atoms with Crippen molar-refractivity contribution in [1.29, 1.82) is 0 Å². The fourth-order valence-electron chi connectivity index (χ4n) is 1.48. The molecule has 0 saturated heterocycles. The molecule has 0 spiro atoms. The Morgan fingerprint density at radius 2 is 2.00 bits per heavy atom. The summed E-state index contributed by atoms with van der Waals surface area (Å²) in [6.45, 7) is 7.78. The molecule has 0 aliphatic carbocycles. The zero-order chi connectivity index (χ0) is 12.3. The van der Waals surface area contributed by atoms with Crippen molar-refractivity contribution in [3.05, 3.63) is 15.6 Å². The molecule has 0 aromatic carbocycles. The van der Waals surface area contributed by atoms with Crippen LogP contribution in [0, 0.1) is 13.8 Å². The Morgan fingerprint density at radius 3 is 2.44 bits per heavy atom. The van der Waals surface area contributed by atoms with Crippen molar-refractivity contribution in [2.75, 3.05) is 7.05 Å². The van der Waals surface area contributed by atoms with Crippen LogP contribution in [-0.4, -0.2) is 24.0 Å². The van der Waals surface area contributed by atoms with Gasteiger partial charge in [0.2, 0.25) is 5.91 Å². The Kier molecular flexibility index (Phi) is 4.44. The largest absolute Gasteiger partial charge is 0.347 e. The summed E-state index contributed by atoms with van der Waals surface area (Å²) in [5, 5.41) is 6.92. The Hall–Kier alpha value is -0.940. The fraction of sp³-hybridized carbons (Fsp3) is 0.636. The summed E-state index contributed by atoms with van der Waals surface area (Å²) in [7, 11) is 1.77. The number of hydrogen-bond acceptors (Lipinski definition) is 4. The van der Waals surface area contributed by atoms with Crippen molar-refractivity contribution >= 4 is 17.2 Å². The molecule has 4 nitrogen and oxygen atoms in total. The molecule has 0 bridgehead atoms. The van der Waals surface area contributed by atoms with Crippen molar-refractivity contribution in [3.63, 3.8) is 0 Å². The molecule has 0 aliphatic rings. The minimum Gasteiger partial charge on any atom is -0.347 e. The third kappa shape index (κ3) is 3.02. The molecule has 0 saturated carbocycles. The van der Waals surface area contributed by atoms with Crippen molar-refractivity contribution in [2.45, 2.75) is 39.8 Å². The van der Waals surface area contributed by atoms with Gasteiger partial charge in [-0.2, -0.15) is 0 Å². The second-order valence-corrected chi connectivity index (χ2v) is 5.16. The summed E-state index contributed by atoms with van der Waals surface area (Å²) >= 11 is 1.64. The quantitative estimate of drug-likeness (QED) is 0.841. The number of rotatable bonds is 4. The highest BCUT2D eigenvalue weighted by atomic mass is 32.1. The van der Waals surface area contributed by atoms with E-state index in [1.165, 1.54) is 0 Å². The lowest BCUT2D eigenvalue weighted by atomic mass is 10.2. The SMILES string of the molecule is CNC(C)C(=O)NC(C)c1sc(C)nc1C. The van der Waals surface area contributed by atoms with E-state index in [-0.39, 0.29) is 18.0 Å². The first-order chi connectivity index (χ1) is 7.45. The highest BCUT2D eigenvalue weighted by Crippen LogP contribution is 2.24. The molecule has 16 heavy (non-hydrogen) atoms. The van der Waals surface area contributed by atoms with Crippen LogP contribution in [0.1, 0.15) is 35.5 Å². The highest BCUT2D eigenvalue weighted by Gasteiger charge is 2.17. The molecule has 1 aromatic heterocycles. The number of nitrogens with zero attached hydrogens (tertiary/aromatic N) is 1. The molecule has 1 heterocycles. The normalized spacial score (nSPS) is 14.6. The van der Waals surface area contributed by atoms with Gasteiger partial charge >= 0.3 is 0 Å². The highest BCUT2D eigenvalue weighted by molar-refractivity contribution is 7.11. The maximum atomic E-state index is 11.7. The molecule has 0 fully saturated rings. The van der Waals surface area contributed by atoms with Crippen molar-refractivity contribution in [1.82, 2.24) is 15.6 Å². The molecule has 1 aromatic rings. The van der Waals surface area contributed by atoms with Crippen LogP contribution in [0.3, 0.4) is 0 Å². The summed E-state index contributed by atoms with van der Waals surface area (Å²) in [5.74, 6) is 0.0143. The van der Waals surface area contributed by atoms with Gasteiger partial charge in [-0.25, -0.2) is 4.98 Å². The number of aryl methyl sites for hydroxylation is 2. The van der Waals surface area contributed by atoms with E-state index >= 15 is 0 Å². The molecule has 2 N–H and O–H groups in total. The first kappa shape index (κ1) is 13.1. The van der Waals surface area contributed by atoms with Crippen LogP contribution in [0.5, 0.6) is 0 Å². The maximum absolute atomic E-state index is 11.7. The van der Waals surface area contributed by atoms with Gasteiger partial charge in [-0.15, -0.1) is 11.3 Å². The Labute approximate surface area is 100 Å². The third-order valence-corrected chi connectivity index (χ3v) is 3.77. The Bertz CT molecular complexity index is 375. The van der Waals surface area contributed by atoms with E-state index in [1.807, 2.05) is 27.7 Å². The predicted molar refractivity (Wildman–Crippen MR) is 66.7 cm³/mol. The molecule has 2 atom stereocenters. The summed E-state index contributed by atoms with van der Waals surface area (Å²) < 4.78 is 0. The predicted octanol–water partition coefficient (Wildman–Crippen LogP) is 1.55. The lowest BCUT2D eigenvalue weighted by Crippen LogP contribution is -2.41. The number of likely N-dealkylation sites (N-methyl/N-ethyl adjacent to an activating group) is 1. The number of amides is 1. The average molecular weight is 241 g/mol. The van der Waals surface area contributed by atoms with Gasteiger partial charge in [0.05, 0.1) is 22.8 Å². The zero-order valence-electron chi connectivity index (χ0n) is 10.4. The van der Waals surface area contributed by atoms with Crippen molar-refractivity contribution in [2.24, 2.45) is 0 Å².